The minimum absolute atomic E-state index is 0.0723. The van der Waals surface area contributed by atoms with Crippen LogP contribution in [0.25, 0.3) is 0 Å². The lowest BCUT2D eigenvalue weighted by Crippen LogP contribution is -2.37. The second-order valence-electron chi connectivity index (χ2n) is 5.27. The summed E-state index contributed by atoms with van der Waals surface area (Å²) in [7, 11) is 0. The van der Waals surface area contributed by atoms with Crippen molar-refractivity contribution in [3.05, 3.63) is 53.9 Å². The van der Waals surface area contributed by atoms with Crippen LogP contribution in [0.2, 0.25) is 0 Å². The number of anilines is 1. The van der Waals surface area contributed by atoms with Crippen LogP contribution < -0.4 is 4.90 Å². The molecule has 1 aromatic heterocycles. The molecule has 108 valence electrons. The van der Waals surface area contributed by atoms with Gasteiger partial charge >= 0.3 is 5.97 Å². The number of amides is 1. The van der Waals surface area contributed by atoms with Crippen LogP contribution >= 0.6 is 0 Å². The molecule has 1 aromatic carbocycles. The zero-order chi connectivity index (χ0) is 15.0. The molecule has 1 aliphatic rings. The number of carbonyl (C=O) groups excluding carboxylic acids is 1. The standard InChI is InChI=1S/C16H16N2O3/c1-11-9-12-5-2-3-6-13(12)18(11)16(21)14-7-4-8-17(14)10-15(19)20/h2-8,11H,9-10H2,1H3,(H,19,20). The molecule has 21 heavy (non-hydrogen) atoms. The third-order valence-electron chi connectivity index (χ3n) is 3.78. The minimum atomic E-state index is -0.963. The summed E-state index contributed by atoms with van der Waals surface area (Å²) in [5.41, 5.74) is 2.47. The molecule has 1 unspecified atom stereocenters. The van der Waals surface area contributed by atoms with E-state index in [4.69, 9.17) is 5.11 Å². The average molecular weight is 284 g/mol. The SMILES string of the molecule is CC1Cc2ccccc2N1C(=O)c1cccn1CC(=O)O. The van der Waals surface area contributed by atoms with Crippen molar-refractivity contribution in [2.45, 2.75) is 25.9 Å². The summed E-state index contributed by atoms with van der Waals surface area (Å²) in [5.74, 6) is -1.12. The second kappa shape index (κ2) is 5.09. The molecule has 0 spiro atoms. The largest absolute Gasteiger partial charge is 0.480 e. The van der Waals surface area contributed by atoms with Gasteiger partial charge in [0.05, 0.1) is 0 Å². The fraction of sp³-hybridized carbons (Fsp3) is 0.250. The van der Waals surface area contributed by atoms with Gasteiger partial charge in [-0.05, 0) is 37.1 Å². The van der Waals surface area contributed by atoms with Crippen LogP contribution in [0.4, 0.5) is 5.69 Å². The first-order valence-corrected chi connectivity index (χ1v) is 6.86. The lowest BCUT2D eigenvalue weighted by atomic mass is 10.1. The number of benzene rings is 1. The molecule has 1 aliphatic heterocycles. The first-order chi connectivity index (χ1) is 10.1. The monoisotopic (exact) mass is 284 g/mol. The van der Waals surface area contributed by atoms with Crippen molar-refractivity contribution in [3.8, 4) is 0 Å². The van der Waals surface area contributed by atoms with Gasteiger partial charge in [-0.15, -0.1) is 0 Å². The second-order valence-corrected chi connectivity index (χ2v) is 5.27. The van der Waals surface area contributed by atoms with Crippen LogP contribution in [0, 0.1) is 0 Å². The number of carbonyl (C=O) groups is 2. The van der Waals surface area contributed by atoms with Crippen molar-refractivity contribution in [2.24, 2.45) is 0 Å². The first-order valence-electron chi connectivity index (χ1n) is 6.86. The average Bonchev–Trinajstić information content (AvgIpc) is 3.00. The molecule has 1 atom stereocenters. The fourth-order valence-corrected chi connectivity index (χ4v) is 2.89. The Balaban J connectivity index is 1.96. The van der Waals surface area contributed by atoms with E-state index >= 15 is 0 Å². The molecule has 1 amide bonds. The highest BCUT2D eigenvalue weighted by Gasteiger charge is 2.32. The molecule has 0 aliphatic carbocycles. The van der Waals surface area contributed by atoms with Gasteiger partial charge in [0.25, 0.3) is 5.91 Å². The number of aliphatic carboxylic acids is 1. The molecule has 0 saturated heterocycles. The van der Waals surface area contributed by atoms with Gasteiger partial charge in [-0.25, -0.2) is 0 Å². The van der Waals surface area contributed by atoms with Gasteiger partial charge in [-0.3, -0.25) is 9.59 Å². The number of para-hydroxylation sites is 1. The molecule has 5 nitrogen and oxygen atoms in total. The summed E-state index contributed by atoms with van der Waals surface area (Å²) in [5, 5.41) is 8.92. The Kier molecular flexibility index (Phi) is 3.25. The van der Waals surface area contributed by atoms with Crippen LogP contribution in [-0.2, 0) is 17.8 Å². The number of hydrogen-bond donors (Lipinski definition) is 1. The fourth-order valence-electron chi connectivity index (χ4n) is 2.89. The molecular weight excluding hydrogens is 268 g/mol. The molecule has 0 fully saturated rings. The predicted molar refractivity (Wildman–Crippen MR) is 78.5 cm³/mol. The summed E-state index contributed by atoms with van der Waals surface area (Å²) in [6.07, 6.45) is 2.44. The Morgan fingerprint density at radius 1 is 1.24 bits per heavy atom. The molecule has 0 radical (unpaired) electrons. The summed E-state index contributed by atoms with van der Waals surface area (Å²) in [6, 6.07) is 11.3. The van der Waals surface area contributed by atoms with E-state index in [1.54, 1.807) is 23.2 Å². The highest BCUT2D eigenvalue weighted by Crippen LogP contribution is 2.33. The number of carboxylic acids is 1. The van der Waals surface area contributed by atoms with Gasteiger partial charge in [-0.2, -0.15) is 0 Å². The summed E-state index contributed by atoms with van der Waals surface area (Å²) in [6.45, 7) is 1.79. The lowest BCUT2D eigenvalue weighted by Gasteiger charge is -2.23. The zero-order valence-electron chi connectivity index (χ0n) is 11.7. The molecule has 1 N–H and O–H groups in total. The maximum absolute atomic E-state index is 12.8. The normalized spacial score (nSPS) is 16.8. The maximum atomic E-state index is 12.8. The van der Waals surface area contributed by atoms with E-state index in [9.17, 15) is 9.59 Å². The van der Waals surface area contributed by atoms with E-state index in [2.05, 4.69) is 0 Å². The molecule has 5 heteroatoms. The van der Waals surface area contributed by atoms with E-state index in [0.29, 0.717) is 5.69 Å². The number of nitrogens with zero attached hydrogens (tertiary/aromatic N) is 2. The van der Waals surface area contributed by atoms with E-state index < -0.39 is 5.97 Å². The minimum Gasteiger partial charge on any atom is -0.480 e. The smallest absolute Gasteiger partial charge is 0.323 e. The molecule has 3 rings (SSSR count). The van der Waals surface area contributed by atoms with Gasteiger partial charge < -0.3 is 14.6 Å². The van der Waals surface area contributed by atoms with Crippen LogP contribution in [0.15, 0.2) is 42.6 Å². The Labute approximate surface area is 122 Å². The predicted octanol–water partition coefficient (Wildman–Crippen LogP) is 2.16. The van der Waals surface area contributed by atoms with E-state index in [0.717, 1.165) is 17.7 Å². The van der Waals surface area contributed by atoms with Crippen molar-refractivity contribution < 1.29 is 14.7 Å². The van der Waals surface area contributed by atoms with E-state index in [1.807, 2.05) is 31.2 Å². The van der Waals surface area contributed by atoms with Gasteiger partial charge in [0.15, 0.2) is 0 Å². The Bertz CT molecular complexity index is 705. The van der Waals surface area contributed by atoms with Crippen LogP contribution in [0.1, 0.15) is 23.0 Å². The third-order valence-corrected chi connectivity index (χ3v) is 3.78. The summed E-state index contributed by atoms with van der Waals surface area (Å²) < 4.78 is 1.47. The lowest BCUT2D eigenvalue weighted by molar-refractivity contribution is -0.137. The quantitative estimate of drug-likeness (QED) is 0.939. The van der Waals surface area contributed by atoms with E-state index in [-0.39, 0.29) is 18.5 Å². The third kappa shape index (κ3) is 2.31. The van der Waals surface area contributed by atoms with Gasteiger partial charge in [0.1, 0.15) is 12.2 Å². The van der Waals surface area contributed by atoms with Gasteiger partial charge in [0.2, 0.25) is 0 Å². The first kappa shape index (κ1) is 13.4. The highest BCUT2D eigenvalue weighted by atomic mass is 16.4. The van der Waals surface area contributed by atoms with Crippen molar-refractivity contribution in [1.29, 1.82) is 0 Å². The zero-order valence-corrected chi connectivity index (χ0v) is 11.7. The van der Waals surface area contributed by atoms with Crippen LogP contribution in [-0.4, -0.2) is 27.6 Å². The number of fused-ring (bicyclic) bond motifs is 1. The van der Waals surface area contributed by atoms with E-state index in [1.165, 1.54) is 4.57 Å². The number of carboxylic acid groups (broad SMARTS) is 1. The molecule has 2 aromatic rings. The summed E-state index contributed by atoms with van der Waals surface area (Å²) in [4.78, 5) is 25.4. The number of aromatic nitrogens is 1. The van der Waals surface area contributed by atoms with Crippen molar-refractivity contribution in [2.75, 3.05) is 4.90 Å². The Morgan fingerprint density at radius 2 is 2.00 bits per heavy atom. The topological polar surface area (TPSA) is 62.5 Å². The van der Waals surface area contributed by atoms with Crippen LogP contribution in [0.5, 0.6) is 0 Å². The molecule has 0 bridgehead atoms. The van der Waals surface area contributed by atoms with Crippen molar-refractivity contribution in [1.82, 2.24) is 4.57 Å². The van der Waals surface area contributed by atoms with Gasteiger partial charge in [0, 0.05) is 17.9 Å². The maximum Gasteiger partial charge on any atom is 0.323 e. The number of rotatable bonds is 3. The van der Waals surface area contributed by atoms with Gasteiger partial charge in [-0.1, -0.05) is 18.2 Å². The number of hydrogen-bond acceptors (Lipinski definition) is 2. The van der Waals surface area contributed by atoms with Crippen LogP contribution in [0.3, 0.4) is 0 Å². The molecule has 2 heterocycles. The Hall–Kier alpha value is -2.56. The summed E-state index contributed by atoms with van der Waals surface area (Å²) >= 11 is 0. The molecular formula is C16H16N2O3. The molecule has 0 saturated carbocycles. The highest BCUT2D eigenvalue weighted by molar-refractivity contribution is 6.07. The Morgan fingerprint density at radius 3 is 2.76 bits per heavy atom. The van der Waals surface area contributed by atoms with Crippen molar-refractivity contribution >= 4 is 17.6 Å². The van der Waals surface area contributed by atoms with Crippen molar-refractivity contribution in [3.63, 3.8) is 0 Å².